The highest BCUT2D eigenvalue weighted by Crippen LogP contribution is 2.38. The van der Waals surface area contributed by atoms with Crippen molar-refractivity contribution in [2.24, 2.45) is 0 Å². The zero-order valence-electron chi connectivity index (χ0n) is 15.9. The molecule has 0 aliphatic carbocycles. The van der Waals surface area contributed by atoms with E-state index in [2.05, 4.69) is 21.9 Å². The molecule has 0 bridgehead atoms. The zero-order valence-corrected chi connectivity index (χ0v) is 16.7. The predicted octanol–water partition coefficient (Wildman–Crippen LogP) is 3.32. The van der Waals surface area contributed by atoms with Gasteiger partial charge in [0, 0.05) is 18.1 Å². The SMILES string of the molecule is C=CCSc1nc2c(c(=O)[nH]1)C(c1ccc(OCC)c(OCC)c1)CC(=O)N2. The second-order valence-electron chi connectivity index (χ2n) is 6.11. The summed E-state index contributed by atoms with van der Waals surface area (Å²) in [6, 6.07) is 5.51. The predicted molar refractivity (Wildman–Crippen MR) is 110 cm³/mol. The molecule has 0 spiro atoms. The lowest BCUT2D eigenvalue weighted by atomic mass is 9.86. The lowest BCUT2D eigenvalue weighted by Gasteiger charge is -2.25. The number of fused-ring (bicyclic) bond motifs is 1. The molecule has 1 aliphatic heterocycles. The molecule has 28 heavy (non-hydrogen) atoms. The second-order valence-corrected chi connectivity index (χ2v) is 7.12. The molecule has 8 heteroatoms. The van der Waals surface area contributed by atoms with Crippen LogP contribution in [0.15, 0.2) is 40.8 Å². The molecule has 1 aromatic carbocycles. The first kappa shape index (κ1) is 20.0. The largest absolute Gasteiger partial charge is 0.490 e. The van der Waals surface area contributed by atoms with Crippen molar-refractivity contribution in [3.05, 3.63) is 52.3 Å². The van der Waals surface area contributed by atoms with Gasteiger partial charge in [0.2, 0.25) is 5.91 Å². The van der Waals surface area contributed by atoms with Gasteiger partial charge in [-0.25, -0.2) is 4.98 Å². The summed E-state index contributed by atoms with van der Waals surface area (Å²) in [5.41, 5.74) is 1.00. The highest BCUT2D eigenvalue weighted by Gasteiger charge is 2.31. The van der Waals surface area contributed by atoms with Gasteiger partial charge in [0.15, 0.2) is 16.7 Å². The molecule has 7 nitrogen and oxygen atoms in total. The van der Waals surface area contributed by atoms with Crippen LogP contribution in [0.25, 0.3) is 0 Å². The number of aromatic amines is 1. The molecule has 0 fully saturated rings. The molecule has 1 unspecified atom stereocenters. The molecule has 0 saturated heterocycles. The number of carbonyl (C=O) groups excluding carboxylic acids is 1. The van der Waals surface area contributed by atoms with Gasteiger partial charge >= 0.3 is 0 Å². The second kappa shape index (κ2) is 8.97. The van der Waals surface area contributed by atoms with Gasteiger partial charge in [0.05, 0.1) is 18.8 Å². The number of rotatable bonds is 8. The van der Waals surface area contributed by atoms with Crippen molar-refractivity contribution in [3.8, 4) is 11.5 Å². The highest BCUT2D eigenvalue weighted by molar-refractivity contribution is 7.99. The molecule has 2 N–H and O–H groups in total. The molecular formula is C20H23N3O4S. The standard InChI is InChI=1S/C20H23N3O4S/c1-4-9-28-20-22-18-17(19(25)23-20)13(11-16(24)21-18)12-7-8-14(26-5-2)15(10-12)27-6-3/h4,7-8,10,13H,1,5-6,9,11H2,2-3H3,(H2,21,22,23,24,25). The van der Waals surface area contributed by atoms with Gasteiger partial charge in [-0.2, -0.15) is 0 Å². The molecule has 1 atom stereocenters. The minimum Gasteiger partial charge on any atom is -0.490 e. The Morgan fingerprint density at radius 3 is 2.71 bits per heavy atom. The lowest BCUT2D eigenvalue weighted by Crippen LogP contribution is -2.31. The number of amides is 1. The maximum absolute atomic E-state index is 12.8. The van der Waals surface area contributed by atoms with Crippen LogP contribution in [0.5, 0.6) is 11.5 Å². The number of hydrogen-bond donors (Lipinski definition) is 2. The lowest BCUT2D eigenvalue weighted by molar-refractivity contribution is -0.116. The first-order valence-electron chi connectivity index (χ1n) is 9.14. The molecule has 1 aromatic heterocycles. The topological polar surface area (TPSA) is 93.3 Å². The number of benzene rings is 1. The average molecular weight is 401 g/mol. The van der Waals surface area contributed by atoms with E-state index in [1.807, 2.05) is 32.0 Å². The summed E-state index contributed by atoms with van der Waals surface area (Å²) in [5, 5.41) is 3.17. The third kappa shape index (κ3) is 4.22. The van der Waals surface area contributed by atoms with Gasteiger partial charge in [-0.3, -0.25) is 9.59 Å². The third-order valence-electron chi connectivity index (χ3n) is 4.24. The molecular weight excluding hydrogens is 378 g/mol. The van der Waals surface area contributed by atoms with E-state index in [9.17, 15) is 9.59 Å². The van der Waals surface area contributed by atoms with Gasteiger partial charge in [-0.05, 0) is 31.5 Å². The van der Waals surface area contributed by atoms with Crippen LogP contribution in [0.1, 0.15) is 37.3 Å². The number of anilines is 1. The quantitative estimate of drug-likeness (QED) is 0.400. The number of carbonyl (C=O) groups is 1. The minimum atomic E-state index is -0.409. The van der Waals surface area contributed by atoms with E-state index >= 15 is 0 Å². The molecule has 1 aliphatic rings. The van der Waals surface area contributed by atoms with Crippen LogP contribution >= 0.6 is 11.8 Å². The van der Waals surface area contributed by atoms with Crippen molar-refractivity contribution in [2.45, 2.75) is 31.3 Å². The highest BCUT2D eigenvalue weighted by atomic mass is 32.2. The summed E-state index contributed by atoms with van der Waals surface area (Å²) >= 11 is 1.35. The van der Waals surface area contributed by atoms with Crippen molar-refractivity contribution in [1.82, 2.24) is 9.97 Å². The Kier molecular flexibility index (Phi) is 6.41. The van der Waals surface area contributed by atoms with Crippen LogP contribution in [-0.2, 0) is 4.79 Å². The van der Waals surface area contributed by atoms with Crippen molar-refractivity contribution in [1.29, 1.82) is 0 Å². The van der Waals surface area contributed by atoms with E-state index in [0.717, 1.165) is 5.56 Å². The van der Waals surface area contributed by atoms with Crippen LogP contribution in [-0.4, -0.2) is 34.8 Å². The summed E-state index contributed by atoms with van der Waals surface area (Å²) in [4.78, 5) is 32.3. The Morgan fingerprint density at radius 1 is 1.25 bits per heavy atom. The smallest absolute Gasteiger partial charge is 0.257 e. The maximum atomic E-state index is 12.8. The Balaban J connectivity index is 2.04. The molecule has 0 radical (unpaired) electrons. The van der Waals surface area contributed by atoms with Gasteiger partial charge in [0.1, 0.15) is 5.82 Å². The zero-order chi connectivity index (χ0) is 20.1. The first-order valence-corrected chi connectivity index (χ1v) is 10.1. The summed E-state index contributed by atoms with van der Waals surface area (Å²) in [6.45, 7) is 8.45. The Hall–Kier alpha value is -2.74. The first-order chi connectivity index (χ1) is 13.6. The molecule has 1 amide bonds. The van der Waals surface area contributed by atoms with Gasteiger partial charge < -0.3 is 19.8 Å². The minimum absolute atomic E-state index is 0.163. The third-order valence-corrected chi connectivity index (χ3v) is 5.11. The van der Waals surface area contributed by atoms with Crippen molar-refractivity contribution >= 4 is 23.5 Å². The molecule has 3 rings (SSSR count). The van der Waals surface area contributed by atoms with Crippen LogP contribution in [0.4, 0.5) is 5.82 Å². The van der Waals surface area contributed by atoms with Crippen LogP contribution < -0.4 is 20.3 Å². The number of nitrogens with zero attached hydrogens (tertiary/aromatic N) is 1. The normalized spacial score (nSPS) is 15.5. The monoisotopic (exact) mass is 401 g/mol. The van der Waals surface area contributed by atoms with E-state index in [1.54, 1.807) is 6.08 Å². The number of ether oxygens (including phenoxy) is 2. The fourth-order valence-electron chi connectivity index (χ4n) is 3.13. The Labute approximate surface area is 167 Å². The molecule has 2 aromatic rings. The molecule has 0 saturated carbocycles. The molecule has 148 valence electrons. The van der Waals surface area contributed by atoms with E-state index in [4.69, 9.17) is 9.47 Å². The summed E-state index contributed by atoms with van der Waals surface area (Å²) < 4.78 is 11.3. The average Bonchev–Trinajstić information content (AvgIpc) is 2.67. The number of hydrogen-bond acceptors (Lipinski definition) is 6. The van der Waals surface area contributed by atoms with Crippen molar-refractivity contribution in [3.63, 3.8) is 0 Å². The number of thioether (sulfide) groups is 1. The van der Waals surface area contributed by atoms with E-state index in [-0.39, 0.29) is 17.9 Å². The summed E-state index contributed by atoms with van der Waals surface area (Å²) in [6.07, 6.45) is 1.89. The number of aromatic nitrogens is 2. The van der Waals surface area contributed by atoms with E-state index in [1.165, 1.54) is 11.8 Å². The molecule has 2 heterocycles. The van der Waals surface area contributed by atoms with Crippen molar-refractivity contribution < 1.29 is 14.3 Å². The van der Waals surface area contributed by atoms with Crippen LogP contribution in [0, 0.1) is 0 Å². The maximum Gasteiger partial charge on any atom is 0.257 e. The van der Waals surface area contributed by atoms with Crippen LogP contribution in [0.3, 0.4) is 0 Å². The number of nitrogens with one attached hydrogen (secondary N) is 2. The Morgan fingerprint density at radius 2 is 2.00 bits per heavy atom. The summed E-state index contributed by atoms with van der Waals surface area (Å²) in [7, 11) is 0. The van der Waals surface area contributed by atoms with Gasteiger partial charge in [-0.1, -0.05) is 23.9 Å². The fourth-order valence-corrected chi connectivity index (χ4v) is 3.72. The van der Waals surface area contributed by atoms with E-state index < -0.39 is 5.92 Å². The summed E-state index contributed by atoms with van der Waals surface area (Å²) in [5.74, 6) is 1.56. The Bertz CT molecular complexity index is 942. The van der Waals surface area contributed by atoms with Crippen LogP contribution in [0.2, 0.25) is 0 Å². The van der Waals surface area contributed by atoms with Gasteiger partial charge in [-0.15, -0.1) is 6.58 Å². The van der Waals surface area contributed by atoms with Gasteiger partial charge in [0.25, 0.3) is 5.56 Å². The number of H-pyrrole nitrogens is 1. The van der Waals surface area contributed by atoms with Crippen molar-refractivity contribution in [2.75, 3.05) is 24.3 Å². The van der Waals surface area contributed by atoms with E-state index in [0.29, 0.717) is 47.0 Å². The fraction of sp³-hybridized carbons (Fsp3) is 0.350.